The number of hydrazine groups is 1. The zero-order valence-electron chi connectivity index (χ0n) is 4.39. The molecule has 0 aliphatic carbocycles. The van der Waals surface area contributed by atoms with E-state index in [1.165, 1.54) is 0 Å². The monoisotopic (exact) mass is 114 g/mol. The zero-order chi connectivity index (χ0) is 6.41. The standard InChI is InChI=1S/C4H6N2O2/c1-2-3-8-4(7)6-5/h5H2,1H3,(H,6,7). The van der Waals surface area contributed by atoms with Crippen LogP contribution in [0.3, 0.4) is 0 Å². The van der Waals surface area contributed by atoms with E-state index in [1.807, 2.05) is 0 Å². The number of amides is 1. The van der Waals surface area contributed by atoms with E-state index in [-0.39, 0.29) is 0 Å². The van der Waals surface area contributed by atoms with Crippen molar-refractivity contribution in [3.63, 3.8) is 0 Å². The first-order valence-electron chi connectivity index (χ1n) is 1.90. The smallest absolute Gasteiger partial charge is 0.355 e. The first kappa shape index (κ1) is 6.79. The molecule has 44 valence electrons. The summed E-state index contributed by atoms with van der Waals surface area (Å²) in [5.41, 5.74) is 1.74. The minimum absolute atomic E-state index is 0.751. The second-order valence-electron chi connectivity index (χ2n) is 0.886. The molecule has 0 aliphatic rings. The fraction of sp³-hybridized carbons (Fsp3) is 0.250. The van der Waals surface area contributed by atoms with Gasteiger partial charge in [-0.1, -0.05) is 5.92 Å². The summed E-state index contributed by atoms with van der Waals surface area (Å²) in [5.74, 6) is 6.96. The second kappa shape index (κ2) is 3.96. The molecule has 0 aromatic heterocycles. The van der Waals surface area contributed by atoms with E-state index in [1.54, 1.807) is 12.3 Å². The molecule has 0 aliphatic heterocycles. The molecule has 0 saturated heterocycles. The Morgan fingerprint density at radius 1 is 1.88 bits per heavy atom. The van der Waals surface area contributed by atoms with E-state index in [4.69, 9.17) is 0 Å². The SMILES string of the molecule is CC#COC(=O)NN. The summed E-state index contributed by atoms with van der Waals surface area (Å²) in [6.45, 7) is 1.55. The van der Waals surface area contributed by atoms with Gasteiger partial charge in [0.2, 0.25) is 0 Å². The molecular formula is C4H6N2O2. The largest absolute Gasteiger partial charge is 0.435 e. The summed E-state index contributed by atoms with van der Waals surface area (Å²) in [5, 5.41) is 0. The fourth-order valence-electron chi connectivity index (χ4n) is 0.127. The van der Waals surface area contributed by atoms with Crippen molar-refractivity contribution in [2.75, 3.05) is 0 Å². The first-order chi connectivity index (χ1) is 3.81. The summed E-state index contributed by atoms with van der Waals surface area (Å²) < 4.78 is 4.10. The van der Waals surface area contributed by atoms with Gasteiger partial charge in [-0.15, -0.1) is 0 Å². The normalized spacial score (nSPS) is 6.25. The number of nitrogens with two attached hydrogens (primary N) is 1. The van der Waals surface area contributed by atoms with E-state index < -0.39 is 6.09 Å². The summed E-state index contributed by atoms with van der Waals surface area (Å²) in [6, 6.07) is 0. The number of ether oxygens (including phenoxy) is 1. The molecule has 0 saturated carbocycles. The van der Waals surface area contributed by atoms with Gasteiger partial charge in [0.1, 0.15) is 6.11 Å². The van der Waals surface area contributed by atoms with Crippen LogP contribution >= 0.6 is 0 Å². The third kappa shape index (κ3) is 3.00. The third-order valence-electron chi connectivity index (χ3n) is 0.364. The van der Waals surface area contributed by atoms with Crippen molar-refractivity contribution in [2.45, 2.75) is 6.92 Å². The molecule has 0 bridgehead atoms. The average Bonchev–Trinajstić information content (AvgIpc) is 1.83. The number of hydrogen-bond acceptors (Lipinski definition) is 3. The Balaban J connectivity index is 3.35. The first-order valence-corrected chi connectivity index (χ1v) is 1.90. The van der Waals surface area contributed by atoms with E-state index in [0.29, 0.717) is 0 Å². The van der Waals surface area contributed by atoms with Gasteiger partial charge in [0.05, 0.1) is 0 Å². The maximum atomic E-state index is 10.0. The summed E-state index contributed by atoms with van der Waals surface area (Å²) >= 11 is 0. The lowest BCUT2D eigenvalue weighted by atomic mass is 10.8. The van der Waals surface area contributed by atoms with Crippen LogP contribution in [0.25, 0.3) is 0 Å². The number of rotatable bonds is 0. The quantitative estimate of drug-likeness (QED) is 0.194. The van der Waals surface area contributed by atoms with Crippen molar-refractivity contribution in [3.8, 4) is 12.0 Å². The lowest BCUT2D eigenvalue weighted by Gasteiger charge is -1.89. The highest BCUT2D eigenvalue weighted by Crippen LogP contribution is 1.67. The summed E-state index contributed by atoms with van der Waals surface area (Å²) in [4.78, 5) is 10.0. The Labute approximate surface area is 47.0 Å². The molecule has 0 aromatic carbocycles. The fourth-order valence-corrected chi connectivity index (χ4v) is 0.127. The minimum atomic E-state index is -0.751. The lowest BCUT2D eigenvalue weighted by Crippen LogP contribution is -2.29. The molecule has 3 N–H and O–H groups in total. The predicted octanol–water partition coefficient (Wildman–Crippen LogP) is -0.433. The Morgan fingerprint density at radius 3 is 2.88 bits per heavy atom. The molecule has 1 amide bonds. The minimum Gasteiger partial charge on any atom is -0.355 e. The van der Waals surface area contributed by atoms with Gasteiger partial charge in [-0.25, -0.2) is 10.6 Å². The van der Waals surface area contributed by atoms with Crippen LogP contribution in [0.15, 0.2) is 0 Å². The molecule has 4 nitrogen and oxygen atoms in total. The van der Waals surface area contributed by atoms with Gasteiger partial charge in [-0.2, -0.15) is 0 Å². The van der Waals surface area contributed by atoms with Crippen LogP contribution in [0.4, 0.5) is 4.79 Å². The molecule has 0 radical (unpaired) electrons. The van der Waals surface area contributed by atoms with E-state index in [0.717, 1.165) is 0 Å². The third-order valence-corrected chi connectivity index (χ3v) is 0.364. The zero-order valence-corrected chi connectivity index (χ0v) is 4.39. The van der Waals surface area contributed by atoms with Crippen LogP contribution in [-0.2, 0) is 4.74 Å². The Hall–Kier alpha value is -1.21. The molecule has 0 heterocycles. The molecule has 0 atom stereocenters. The molecule has 0 spiro atoms. The van der Waals surface area contributed by atoms with Crippen LogP contribution in [0.5, 0.6) is 0 Å². The van der Waals surface area contributed by atoms with Crippen molar-refractivity contribution >= 4 is 6.09 Å². The van der Waals surface area contributed by atoms with Crippen LogP contribution in [0.1, 0.15) is 6.92 Å². The number of hydrogen-bond donors (Lipinski definition) is 2. The Bertz CT molecular complexity index is 133. The lowest BCUT2D eigenvalue weighted by molar-refractivity contribution is 0.192. The Morgan fingerprint density at radius 2 is 2.50 bits per heavy atom. The maximum absolute atomic E-state index is 10.0. The van der Waals surface area contributed by atoms with Gasteiger partial charge < -0.3 is 4.74 Å². The molecule has 8 heavy (non-hydrogen) atoms. The molecule has 0 unspecified atom stereocenters. The van der Waals surface area contributed by atoms with Gasteiger partial charge in [0.25, 0.3) is 0 Å². The number of nitrogens with one attached hydrogen (secondary N) is 1. The van der Waals surface area contributed by atoms with Gasteiger partial charge in [-0.05, 0) is 0 Å². The van der Waals surface area contributed by atoms with Crippen LogP contribution in [0.2, 0.25) is 0 Å². The van der Waals surface area contributed by atoms with Crippen molar-refractivity contribution in [1.82, 2.24) is 5.43 Å². The van der Waals surface area contributed by atoms with Gasteiger partial charge >= 0.3 is 6.09 Å². The second-order valence-corrected chi connectivity index (χ2v) is 0.886. The Kier molecular flexibility index (Phi) is 3.36. The average molecular weight is 114 g/mol. The van der Waals surface area contributed by atoms with Gasteiger partial charge in [-0.3, -0.25) is 5.43 Å². The van der Waals surface area contributed by atoms with Gasteiger partial charge in [0.15, 0.2) is 0 Å². The molecule has 0 fully saturated rings. The van der Waals surface area contributed by atoms with Gasteiger partial charge in [0, 0.05) is 6.92 Å². The van der Waals surface area contributed by atoms with Crippen LogP contribution in [0, 0.1) is 12.0 Å². The molecular weight excluding hydrogens is 108 g/mol. The maximum Gasteiger partial charge on any atom is 0.435 e. The highest BCUT2D eigenvalue weighted by molar-refractivity contribution is 5.67. The highest BCUT2D eigenvalue weighted by atomic mass is 16.5. The predicted molar refractivity (Wildman–Crippen MR) is 27.3 cm³/mol. The van der Waals surface area contributed by atoms with E-state index in [2.05, 4.69) is 22.6 Å². The van der Waals surface area contributed by atoms with Crippen LogP contribution < -0.4 is 11.3 Å². The highest BCUT2D eigenvalue weighted by Gasteiger charge is 1.90. The van der Waals surface area contributed by atoms with Crippen molar-refractivity contribution in [1.29, 1.82) is 0 Å². The molecule has 0 rings (SSSR count). The molecule has 0 aromatic rings. The van der Waals surface area contributed by atoms with Crippen molar-refractivity contribution < 1.29 is 9.53 Å². The topological polar surface area (TPSA) is 64.3 Å². The summed E-state index contributed by atoms with van der Waals surface area (Å²) in [7, 11) is 0. The van der Waals surface area contributed by atoms with E-state index in [9.17, 15) is 4.79 Å². The van der Waals surface area contributed by atoms with Crippen molar-refractivity contribution in [3.05, 3.63) is 0 Å². The van der Waals surface area contributed by atoms with Crippen LogP contribution in [-0.4, -0.2) is 6.09 Å². The molecule has 4 heteroatoms. The number of carbonyl (C=O) groups is 1. The number of carbonyl (C=O) groups excluding carboxylic acids is 1. The van der Waals surface area contributed by atoms with E-state index >= 15 is 0 Å². The summed E-state index contributed by atoms with van der Waals surface area (Å²) in [6.07, 6.45) is 1.31. The van der Waals surface area contributed by atoms with Crippen molar-refractivity contribution in [2.24, 2.45) is 5.84 Å².